The molecule has 4 aliphatic rings. The Labute approximate surface area is 297 Å². The molecule has 16 nitrogen and oxygen atoms in total. The zero-order chi connectivity index (χ0) is 38.2. The summed E-state index contributed by atoms with van der Waals surface area (Å²) in [4.78, 5) is 67.2. The Kier molecular flexibility index (Phi) is 11.1. The fourth-order valence-electron chi connectivity index (χ4n) is 8.85. The van der Waals surface area contributed by atoms with Crippen molar-refractivity contribution in [1.82, 2.24) is 10.7 Å². The number of aliphatic carboxylic acids is 1. The van der Waals surface area contributed by atoms with Gasteiger partial charge in [0.1, 0.15) is 6.61 Å². The lowest BCUT2D eigenvalue weighted by molar-refractivity contribution is -0.492. The average molecular weight is 735 g/mol. The molecule has 1 amide bonds. The number of carbonyl (C=O) groups excluding carboxylic acids is 4. The number of rotatable bonds is 13. The predicted molar refractivity (Wildman–Crippen MR) is 172 cm³/mol. The van der Waals surface area contributed by atoms with E-state index in [0.29, 0.717) is 30.4 Å². The van der Waals surface area contributed by atoms with Gasteiger partial charge in [0, 0.05) is 16.7 Å². The molecule has 0 spiro atoms. The number of aliphatic hydroxyl groups is 3. The smallest absolute Gasteiger partial charge is 0.408 e. The van der Waals surface area contributed by atoms with Gasteiger partial charge in [-0.3, -0.25) is 24.8 Å². The van der Waals surface area contributed by atoms with E-state index < -0.39 is 101 Å². The average Bonchev–Trinajstić information content (AvgIpc) is 3.29. The molecule has 0 heterocycles. The molecule has 52 heavy (non-hydrogen) atoms. The maximum absolute atomic E-state index is 17.3. The van der Waals surface area contributed by atoms with E-state index in [1.165, 1.54) is 37.3 Å². The number of benzene rings is 1. The summed E-state index contributed by atoms with van der Waals surface area (Å²) in [5.74, 6) is -5.65. The van der Waals surface area contributed by atoms with Crippen LogP contribution in [0.15, 0.2) is 48.1 Å². The first kappa shape index (κ1) is 39.1. The zero-order valence-electron chi connectivity index (χ0n) is 28.6. The number of alkyl halides is 1. The van der Waals surface area contributed by atoms with Gasteiger partial charge in [-0.05, 0) is 81.2 Å². The van der Waals surface area contributed by atoms with Gasteiger partial charge in [0.05, 0.1) is 29.8 Å². The number of carboxylic acid groups (broad SMARTS) is 1. The van der Waals surface area contributed by atoms with Crippen molar-refractivity contribution in [2.24, 2.45) is 22.7 Å². The first-order valence-corrected chi connectivity index (χ1v) is 16.9. The summed E-state index contributed by atoms with van der Waals surface area (Å²) >= 11 is 0. The second kappa shape index (κ2) is 14.7. The van der Waals surface area contributed by atoms with E-state index >= 15 is 4.39 Å². The number of aryl methyl sites for hydroxylation is 1. The Hall–Kier alpha value is -4.10. The molecule has 284 valence electrons. The zero-order valence-corrected chi connectivity index (χ0v) is 28.6. The lowest BCUT2D eigenvalue weighted by Gasteiger charge is -2.62. The van der Waals surface area contributed by atoms with Gasteiger partial charge in [-0.2, -0.15) is 0 Å². The van der Waals surface area contributed by atoms with Gasteiger partial charge in [-0.15, -0.1) is 0 Å². The molecule has 0 aliphatic heterocycles. The SMILES string of the molecule is C[C@]12C[C@H](O)[C@@]3(F)[C@@H](CCC4=CC(=O)C=C[C@@]43C)[C@@H]1C[C@@H](O)C2(O)C(=O)COC(=O)NC(COC(=O)c1cccc(CCCON(O)O)c1)C(=O)O. The number of nitrogens with one attached hydrogen (secondary N) is 1. The molecule has 17 heteroatoms. The lowest BCUT2D eigenvalue weighted by atomic mass is 9.44. The standard InChI is InChI=1S/C35H43FN2O14/c1-32-11-10-22(39)14-21(32)8-9-23-24-15-26(40)35(47,33(24,2)16-27(41)34(23,32)36)28(42)18-51-31(46)37-25(29(43)44)17-50-30(45)20-7-3-5-19(13-20)6-4-12-52-38(48)49/h3,5,7,10-11,13-14,23-27,40-41,47-49H,4,6,8-9,12,15-18H2,1-2H3,(H,37,46)(H,43,44)/t23-,24-,25?,26+,27-,32-,33-,34-,35?/m0/s1. The number of allylic oxidation sites excluding steroid dienone is 4. The van der Waals surface area contributed by atoms with Crippen LogP contribution in [0.4, 0.5) is 9.18 Å². The molecule has 9 atom stereocenters. The van der Waals surface area contributed by atoms with Crippen molar-refractivity contribution in [3.63, 3.8) is 0 Å². The van der Waals surface area contributed by atoms with Gasteiger partial charge in [-0.1, -0.05) is 30.7 Å². The highest BCUT2D eigenvalue weighted by molar-refractivity contribution is 6.01. The van der Waals surface area contributed by atoms with Gasteiger partial charge in [-0.25, -0.2) is 18.8 Å². The number of nitrogens with zero attached hydrogens (tertiary/aromatic N) is 1. The Bertz CT molecular complexity index is 1670. The van der Waals surface area contributed by atoms with E-state index in [0.717, 1.165) is 0 Å². The number of carbonyl (C=O) groups is 5. The number of ether oxygens (including phenoxy) is 2. The maximum Gasteiger partial charge on any atom is 0.408 e. The molecule has 3 saturated carbocycles. The number of aliphatic hydroxyl groups excluding tert-OH is 2. The van der Waals surface area contributed by atoms with Crippen LogP contribution in [0.1, 0.15) is 61.9 Å². The molecule has 7 N–H and O–H groups in total. The molecule has 4 aliphatic carbocycles. The Morgan fingerprint density at radius 1 is 1.10 bits per heavy atom. The quantitative estimate of drug-likeness (QED) is 0.0864. The van der Waals surface area contributed by atoms with E-state index in [9.17, 15) is 44.4 Å². The Morgan fingerprint density at radius 2 is 1.83 bits per heavy atom. The molecule has 5 rings (SSSR count). The van der Waals surface area contributed by atoms with Crippen molar-refractivity contribution >= 4 is 29.6 Å². The summed E-state index contributed by atoms with van der Waals surface area (Å²) in [6, 6.07) is 4.33. The largest absolute Gasteiger partial charge is 0.480 e. The van der Waals surface area contributed by atoms with Crippen LogP contribution < -0.4 is 5.32 Å². The van der Waals surface area contributed by atoms with Crippen LogP contribution in [0, 0.1) is 22.7 Å². The number of fused-ring (bicyclic) bond motifs is 5. The molecule has 1 aromatic carbocycles. The number of esters is 1. The van der Waals surface area contributed by atoms with Crippen LogP contribution in [0.3, 0.4) is 0 Å². The van der Waals surface area contributed by atoms with Crippen LogP contribution in [-0.2, 0) is 35.1 Å². The first-order chi connectivity index (χ1) is 24.4. The minimum absolute atomic E-state index is 0.0283. The summed E-state index contributed by atoms with van der Waals surface area (Å²) in [6.45, 7) is 1.10. The monoisotopic (exact) mass is 734 g/mol. The van der Waals surface area contributed by atoms with E-state index in [4.69, 9.17) is 19.9 Å². The molecule has 0 bridgehead atoms. The van der Waals surface area contributed by atoms with Crippen LogP contribution >= 0.6 is 0 Å². The third kappa shape index (κ3) is 6.77. The van der Waals surface area contributed by atoms with Crippen molar-refractivity contribution in [3.05, 3.63) is 59.2 Å². The van der Waals surface area contributed by atoms with E-state index in [-0.39, 0.29) is 30.8 Å². The van der Waals surface area contributed by atoms with Gasteiger partial charge < -0.3 is 35.2 Å². The van der Waals surface area contributed by atoms with Crippen LogP contribution in [0.25, 0.3) is 0 Å². The van der Waals surface area contributed by atoms with Crippen LogP contribution in [0.5, 0.6) is 0 Å². The molecule has 1 aromatic rings. The fraction of sp³-hybridized carbons (Fsp3) is 0.571. The third-order valence-electron chi connectivity index (χ3n) is 11.6. The van der Waals surface area contributed by atoms with Crippen LogP contribution in [-0.4, -0.2) is 115 Å². The number of ketones is 2. The molecule has 0 aromatic heterocycles. The minimum atomic E-state index is -2.57. The molecule has 3 fully saturated rings. The number of carboxylic acids is 1. The lowest BCUT2D eigenvalue weighted by Crippen LogP contribution is -2.69. The highest BCUT2D eigenvalue weighted by Gasteiger charge is 2.76. The van der Waals surface area contributed by atoms with Crippen molar-refractivity contribution in [2.75, 3.05) is 19.8 Å². The van der Waals surface area contributed by atoms with Gasteiger partial charge >= 0.3 is 18.0 Å². The predicted octanol–water partition coefficient (Wildman–Crippen LogP) is 1.61. The number of halogens is 1. The van der Waals surface area contributed by atoms with Gasteiger partial charge in [0.15, 0.2) is 29.7 Å². The molecule has 2 unspecified atom stereocenters. The summed E-state index contributed by atoms with van der Waals surface area (Å²) in [7, 11) is 0. The van der Waals surface area contributed by atoms with Crippen molar-refractivity contribution in [3.8, 4) is 0 Å². The fourth-order valence-corrected chi connectivity index (χ4v) is 8.85. The Balaban J connectivity index is 1.19. The highest BCUT2D eigenvalue weighted by Crippen LogP contribution is 2.69. The molecule has 0 radical (unpaired) electrons. The number of amides is 1. The topological polar surface area (TPSA) is 250 Å². The number of hydrogen-bond acceptors (Lipinski definition) is 14. The maximum atomic E-state index is 17.3. The Morgan fingerprint density at radius 3 is 2.52 bits per heavy atom. The summed E-state index contributed by atoms with van der Waals surface area (Å²) in [5.41, 5.74) is -6.47. The van der Waals surface area contributed by atoms with Crippen LogP contribution in [0.2, 0.25) is 0 Å². The second-order valence-corrected chi connectivity index (χ2v) is 14.3. The number of hydrogen-bond donors (Lipinski definition) is 7. The van der Waals surface area contributed by atoms with Crippen molar-refractivity contribution < 1.29 is 73.5 Å². The van der Waals surface area contributed by atoms with E-state index in [2.05, 4.69) is 4.84 Å². The van der Waals surface area contributed by atoms with Gasteiger partial charge in [0.2, 0.25) is 5.78 Å². The first-order valence-electron chi connectivity index (χ1n) is 16.9. The van der Waals surface area contributed by atoms with Gasteiger partial charge in [0.25, 0.3) is 0 Å². The number of alkyl carbamates (subject to hydrolysis) is 1. The summed E-state index contributed by atoms with van der Waals surface area (Å²) in [6.07, 6.45) is -0.115. The van der Waals surface area contributed by atoms with Crippen molar-refractivity contribution in [1.29, 1.82) is 0 Å². The summed E-state index contributed by atoms with van der Waals surface area (Å²) < 4.78 is 27.3. The minimum Gasteiger partial charge on any atom is -0.480 e. The molecule has 0 saturated heterocycles. The molecular formula is C35H43FN2O14. The van der Waals surface area contributed by atoms with E-state index in [1.807, 2.05) is 5.32 Å². The van der Waals surface area contributed by atoms with Crippen molar-refractivity contribution in [2.45, 2.75) is 81.9 Å². The normalized spacial score (nSPS) is 34.0. The molecular weight excluding hydrogens is 691 g/mol. The second-order valence-electron chi connectivity index (χ2n) is 14.3. The third-order valence-corrected chi connectivity index (χ3v) is 11.6. The van der Waals surface area contributed by atoms with E-state index in [1.54, 1.807) is 19.1 Å². The summed E-state index contributed by atoms with van der Waals surface area (Å²) in [5, 5.41) is 62.7. The highest BCUT2D eigenvalue weighted by atomic mass is 19.1. The number of Topliss-reactive ketones (excluding diaryl/α,β-unsaturated/α-hetero) is 1.